The van der Waals surface area contributed by atoms with Gasteiger partial charge >= 0.3 is 0 Å². The number of methoxy groups -OCH3 is 1. The third kappa shape index (κ3) is 5.15. The summed E-state index contributed by atoms with van der Waals surface area (Å²) >= 11 is 13.0. The first-order valence-electron chi connectivity index (χ1n) is 10.3. The lowest BCUT2D eigenvalue weighted by atomic mass is 10.2. The largest absolute Gasteiger partial charge is 0.496 e. The van der Waals surface area contributed by atoms with Gasteiger partial charge in [-0.15, -0.1) is 11.3 Å². The predicted molar refractivity (Wildman–Crippen MR) is 140 cm³/mol. The number of aromatic nitrogens is 1. The summed E-state index contributed by atoms with van der Waals surface area (Å²) in [6.07, 6.45) is 1.68. The van der Waals surface area contributed by atoms with Crippen LogP contribution in [0.1, 0.15) is 5.56 Å². The van der Waals surface area contributed by atoms with E-state index in [1.807, 2.05) is 30.3 Å². The predicted octanol–water partition coefficient (Wildman–Crippen LogP) is 4.36. The van der Waals surface area contributed by atoms with E-state index in [2.05, 4.69) is 5.32 Å². The number of nitrogens with one attached hydrogen (secondary N) is 1. The van der Waals surface area contributed by atoms with Crippen LogP contribution in [-0.4, -0.2) is 17.6 Å². The summed E-state index contributed by atoms with van der Waals surface area (Å²) in [6, 6.07) is 22.6. The number of anilines is 1. The highest BCUT2D eigenvalue weighted by Crippen LogP contribution is 2.25. The molecule has 1 heterocycles. The Morgan fingerprint density at radius 2 is 1.77 bits per heavy atom. The van der Waals surface area contributed by atoms with Crippen LogP contribution in [0, 0.1) is 11.3 Å². The number of amides is 1. The highest BCUT2D eigenvalue weighted by molar-refractivity contribution is 7.07. The number of thiazole rings is 1. The van der Waals surface area contributed by atoms with Crippen molar-refractivity contribution in [3.63, 3.8) is 0 Å². The molecular formula is C26H17Cl2N3O3S. The number of hydrogen-bond donors (Lipinski definition) is 1. The van der Waals surface area contributed by atoms with Gasteiger partial charge in [0.1, 0.15) is 16.5 Å². The van der Waals surface area contributed by atoms with E-state index in [0.717, 1.165) is 11.3 Å². The molecule has 0 bridgehead atoms. The Hall–Kier alpha value is -3.83. The molecule has 0 aliphatic rings. The van der Waals surface area contributed by atoms with Gasteiger partial charge in [-0.2, -0.15) is 5.26 Å². The molecule has 0 spiro atoms. The van der Waals surface area contributed by atoms with E-state index in [0.29, 0.717) is 32.2 Å². The SMILES string of the molecule is COc1ccccc1C=c1sc(=C(C#N)C(=O)Nc2ccc(Cl)c(Cl)c2)n(-c2ccccc2)c1=O. The first kappa shape index (κ1) is 24.3. The Labute approximate surface area is 214 Å². The average molecular weight is 522 g/mol. The van der Waals surface area contributed by atoms with Crippen LogP contribution in [-0.2, 0) is 4.79 Å². The Kier molecular flexibility index (Phi) is 7.37. The Morgan fingerprint density at radius 3 is 2.46 bits per heavy atom. The number of hydrogen-bond acceptors (Lipinski definition) is 5. The van der Waals surface area contributed by atoms with Crippen LogP contribution < -0.4 is 24.8 Å². The third-order valence-corrected chi connectivity index (χ3v) is 6.83. The van der Waals surface area contributed by atoms with Gasteiger partial charge in [0.15, 0.2) is 5.57 Å². The molecule has 0 radical (unpaired) electrons. The topological polar surface area (TPSA) is 84.1 Å². The lowest BCUT2D eigenvalue weighted by Crippen LogP contribution is -2.32. The molecule has 35 heavy (non-hydrogen) atoms. The summed E-state index contributed by atoms with van der Waals surface area (Å²) in [4.78, 5) is 26.6. The third-order valence-electron chi connectivity index (χ3n) is 4.99. The number of nitrogens with zero attached hydrogens (tertiary/aromatic N) is 2. The van der Waals surface area contributed by atoms with Crippen LogP contribution in [0.2, 0.25) is 10.0 Å². The fourth-order valence-electron chi connectivity index (χ4n) is 3.35. The maximum absolute atomic E-state index is 13.5. The molecule has 1 aromatic heterocycles. The van der Waals surface area contributed by atoms with E-state index in [9.17, 15) is 14.9 Å². The monoisotopic (exact) mass is 521 g/mol. The number of carbonyl (C=O) groups is 1. The van der Waals surface area contributed by atoms with Crippen LogP contribution in [0.25, 0.3) is 17.3 Å². The molecular weight excluding hydrogens is 505 g/mol. The van der Waals surface area contributed by atoms with E-state index in [4.69, 9.17) is 27.9 Å². The molecule has 1 amide bonds. The number of para-hydroxylation sites is 2. The molecule has 3 aromatic carbocycles. The summed E-state index contributed by atoms with van der Waals surface area (Å²) in [5.41, 5.74) is 0.999. The Morgan fingerprint density at radius 1 is 1.06 bits per heavy atom. The van der Waals surface area contributed by atoms with Crippen molar-refractivity contribution in [2.75, 3.05) is 12.4 Å². The number of nitriles is 1. The van der Waals surface area contributed by atoms with E-state index in [1.54, 1.807) is 49.6 Å². The van der Waals surface area contributed by atoms with Crippen LogP contribution in [0.5, 0.6) is 5.75 Å². The molecule has 0 saturated carbocycles. The van der Waals surface area contributed by atoms with Crippen molar-refractivity contribution < 1.29 is 9.53 Å². The Balaban J connectivity index is 1.95. The molecule has 0 fully saturated rings. The highest BCUT2D eigenvalue weighted by atomic mass is 35.5. The van der Waals surface area contributed by atoms with Gasteiger partial charge in [-0.1, -0.05) is 59.6 Å². The highest BCUT2D eigenvalue weighted by Gasteiger charge is 2.18. The fraction of sp³-hybridized carbons (Fsp3) is 0.0385. The van der Waals surface area contributed by atoms with Crippen LogP contribution >= 0.6 is 34.5 Å². The van der Waals surface area contributed by atoms with E-state index in [1.165, 1.54) is 16.7 Å². The van der Waals surface area contributed by atoms with Crippen LogP contribution in [0.4, 0.5) is 5.69 Å². The van der Waals surface area contributed by atoms with Crippen molar-refractivity contribution in [1.29, 1.82) is 5.26 Å². The summed E-state index contributed by atoms with van der Waals surface area (Å²) in [6.45, 7) is 0. The van der Waals surface area contributed by atoms with Crippen molar-refractivity contribution in [2.45, 2.75) is 0 Å². The number of rotatable bonds is 5. The molecule has 0 unspecified atom stereocenters. The average Bonchev–Trinajstić information content (AvgIpc) is 3.18. The fourth-order valence-corrected chi connectivity index (χ4v) is 4.74. The standard InChI is InChI=1S/C26H17Cl2N3O3S/c1-34-22-10-6-5-7-16(22)13-23-25(33)31(18-8-3-2-4-9-18)26(35-23)19(15-29)24(32)30-17-11-12-20(27)21(28)14-17/h2-14H,1H3,(H,30,32). The van der Waals surface area contributed by atoms with Gasteiger partial charge in [-0.25, -0.2) is 0 Å². The maximum atomic E-state index is 13.5. The Bertz CT molecular complexity index is 1640. The van der Waals surface area contributed by atoms with Crippen molar-refractivity contribution in [3.8, 4) is 17.5 Å². The second-order valence-electron chi connectivity index (χ2n) is 7.20. The summed E-state index contributed by atoms with van der Waals surface area (Å²) in [5.74, 6) is -0.0874. The zero-order valence-corrected chi connectivity index (χ0v) is 20.6. The summed E-state index contributed by atoms with van der Waals surface area (Å²) in [7, 11) is 1.55. The summed E-state index contributed by atoms with van der Waals surface area (Å²) < 4.78 is 7.29. The van der Waals surface area contributed by atoms with E-state index in [-0.39, 0.29) is 20.8 Å². The first-order chi connectivity index (χ1) is 16.9. The minimum absolute atomic E-state index is 0.197. The van der Waals surface area contributed by atoms with Gasteiger partial charge in [0.2, 0.25) is 0 Å². The molecule has 0 aliphatic carbocycles. The van der Waals surface area contributed by atoms with Crippen LogP contribution in [0.3, 0.4) is 0 Å². The number of carbonyl (C=O) groups excluding carboxylic acids is 1. The molecule has 9 heteroatoms. The van der Waals surface area contributed by atoms with E-state index >= 15 is 0 Å². The van der Waals surface area contributed by atoms with Crippen molar-refractivity contribution >= 4 is 57.8 Å². The molecule has 1 N–H and O–H groups in total. The van der Waals surface area contributed by atoms with E-state index < -0.39 is 5.91 Å². The van der Waals surface area contributed by atoms with Crippen molar-refractivity contribution in [3.05, 3.63) is 108 Å². The second-order valence-corrected chi connectivity index (χ2v) is 9.05. The van der Waals surface area contributed by atoms with Crippen molar-refractivity contribution in [2.24, 2.45) is 0 Å². The lowest BCUT2D eigenvalue weighted by Gasteiger charge is -2.06. The maximum Gasteiger partial charge on any atom is 0.273 e. The van der Waals surface area contributed by atoms with Gasteiger partial charge in [-0.05, 0) is 42.5 Å². The number of ether oxygens (including phenoxy) is 1. The van der Waals surface area contributed by atoms with Gasteiger partial charge < -0.3 is 10.1 Å². The minimum Gasteiger partial charge on any atom is -0.496 e. The normalized spacial score (nSPS) is 12.1. The van der Waals surface area contributed by atoms with Crippen LogP contribution in [0.15, 0.2) is 77.6 Å². The number of benzene rings is 3. The second kappa shape index (κ2) is 10.6. The van der Waals surface area contributed by atoms with Gasteiger partial charge in [0.05, 0.1) is 27.4 Å². The minimum atomic E-state index is -0.680. The zero-order chi connectivity index (χ0) is 24.9. The molecule has 4 aromatic rings. The summed E-state index contributed by atoms with van der Waals surface area (Å²) in [5, 5.41) is 13.2. The molecule has 174 valence electrons. The van der Waals surface area contributed by atoms with Crippen molar-refractivity contribution in [1.82, 2.24) is 4.57 Å². The smallest absolute Gasteiger partial charge is 0.273 e. The molecule has 0 saturated heterocycles. The van der Waals surface area contributed by atoms with Gasteiger partial charge in [0, 0.05) is 11.3 Å². The quantitative estimate of drug-likeness (QED) is 0.423. The molecule has 6 nitrogen and oxygen atoms in total. The zero-order valence-electron chi connectivity index (χ0n) is 18.3. The number of halogens is 2. The van der Waals surface area contributed by atoms with Gasteiger partial charge in [0.25, 0.3) is 11.5 Å². The van der Waals surface area contributed by atoms with Gasteiger partial charge in [-0.3, -0.25) is 14.2 Å². The lowest BCUT2D eigenvalue weighted by molar-refractivity contribution is -0.111. The molecule has 0 aliphatic heterocycles. The molecule has 0 atom stereocenters. The first-order valence-corrected chi connectivity index (χ1v) is 11.8. The molecule has 4 rings (SSSR count).